The van der Waals surface area contributed by atoms with E-state index in [9.17, 15) is 13.2 Å². The zero-order valence-electron chi connectivity index (χ0n) is 16.4. The van der Waals surface area contributed by atoms with Gasteiger partial charge in [0.1, 0.15) is 10.6 Å². The van der Waals surface area contributed by atoms with E-state index in [-0.39, 0.29) is 28.7 Å². The number of benzene rings is 1. The maximum atomic E-state index is 12.7. The predicted molar refractivity (Wildman–Crippen MR) is 106 cm³/mol. The summed E-state index contributed by atoms with van der Waals surface area (Å²) in [5.41, 5.74) is 0.846. The molecule has 1 aromatic heterocycles. The molecule has 8 nitrogen and oxygen atoms in total. The molecule has 0 spiro atoms. The van der Waals surface area contributed by atoms with E-state index in [1.165, 1.54) is 24.1 Å². The number of nitrogens with zero attached hydrogens (tertiary/aromatic N) is 1. The van der Waals surface area contributed by atoms with Crippen molar-refractivity contribution in [3.63, 3.8) is 0 Å². The summed E-state index contributed by atoms with van der Waals surface area (Å²) in [7, 11) is 1.58. The van der Waals surface area contributed by atoms with Gasteiger partial charge in [-0.05, 0) is 30.3 Å². The molecule has 1 amide bonds. The molecule has 0 atom stereocenters. The van der Waals surface area contributed by atoms with E-state index in [4.69, 9.17) is 4.74 Å². The Kier molecular flexibility index (Phi) is 7.91. The molecule has 2 rings (SSSR count). The Balaban J connectivity index is 2.13. The number of carbonyl (C=O) groups is 1. The van der Waals surface area contributed by atoms with Crippen LogP contribution in [0.2, 0.25) is 0 Å². The largest absolute Gasteiger partial charge is 0.495 e. The Bertz CT molecular complexity index is 886. The third kappa shape index (κ3) is 6.29. The van der Waals surface area contributed by atoms with Gasteiger partial charge in [0.2, 0.25) is 10.0 Å². The van der Waals surface area contributed by atoms with Gasteiger partial charge >= 0.3 is 0 Å². The molecular formula is C19H27N4O4S+. The lowest BCUT2D eigenvalue weighted by atomic mass is 10.2. The first-order chi connectivity index (χ1) is 13.3. The lowest BCUT2D eigenvalue weighted by Crippen LogP contribution is -3.05. The quantitative estimate of drug-likeness (QED) is 0.475. The van der Waals surface area contributed by atoms with Crippen LogP contribution in [0.3, 0.4) is 0 Å². The van der Waals surface area contributed by atoms with Gasteiger partial charge in [-0.15, -0.1) is 0 Å². The number of ether oxygens (including phenoxy) is 1. The topological polar surface area (TPSA) is 102 Å². The third-order valence-electron chi connectivity index (χ3n) is 4.02. The van der Waals surface area contributed by atoms with Crippen LogP contribution in [0, 0.1) is 0 Å². The highest BCUT2D eigenvalue weighted by molar-refractivity contribution is 7.89. The summed E-state index contributed by atoms with van der Waals surface area (Å²) < 4.78 is 33.2. The molecule has 0 aliphatic heterocycles. The summed E-state index contributed by atoms with van der Waals surface area (Å²) in [4.78, 5) is 17.7. The van der Waals surface area contributed by atoms with Crippen molar-refractivity contribution in [1.82, 2.24) is 15.0 Å². The van der Waals surface area contributed by atoms with Crippen LogP contribution in [-0.4, -0.2) is 53.6 Å². The van der Waals surface area contributed by atoms with Crippen LogP contribution >= 0.6 is 0 Å². The molecule has 0 bridgehead atoms. The van der Waals surface area contributed by atoms with E-state index < -0.39 is 10.0 Å². The van der Waals surface area contributed by atoms with E-state index in [1.54, 1.807) is 30.5 Å². The molecule has 0 saturated carbocycles. The first-order valence-electron chi connectivity index (χ1n) is 8.98. The first kappa shape index (κ1) is 21.8. The fraction of sp³-hybridized carbons (Fsp3) is 0.368. The van der Waals surface area contributed by atoms with Crippen molar-refractivity contribution >= 4 is 15.9 Å². The van der Waals surface area contributed by atoms with Gasteiger partial charge in [-0.3, -0.25) is 9.78 Å². The van der Waals surface area contributed by atoms with Crippen LogP contribution in [0.5, 0.6) is 5.75 Å². The smallest absolute Gasteiger partial charge is 0.251 e. The number of sulfonamides is 1. The van der Waals surface area contributed by atoms with Crippen molar-refractivity contribution in [3.05, 3.63) is 53.9 Å². The van der Waals surface area contributed by atoms with Gasteiger partial charge in [-0.25, -0.2) is 13.1 Å². The molecule has 3 N–H and O–H groups in total. The van der Waals surface area contributed by atoms with Crippen molar-refractivity contribution in [2.24, 2.45) is 0 Å². The summed E-state index contributed by atoms with van der Waals surface area (Å²) in [5.74, 6) is -0.154. The van der Waals surface area contributed by atoms with E-state index in [0.29, 0.717) is 12.2 Å². The fourth-order valence-corrected chi connectivity index (χ4v) is 3.72. The summed E-state index contributed by atoms with van der Waals surface area (Å²) in [5, 5.41) is 2.81. The summed E-state index contributed by atoms with van der Waals surface area (Å²) in [6, 6.07) is 9.60. The standard InChI is InChI=1S/C19H26N4O4S/c1-23(2)12-6-11-21-19(24)15-8-9-17(27-3)18(13-15)28(25,26)22-14-16-7-4-5-10-20-16/h4-5,7-10,13,22H,6,11-12,14H2,1-3H3,(H,21,24)/p+1. The number of quaternary nitrogens is 1. The van der Waals surface area contributed by atoms with E-state index in [2.05, 4.69) is 15.0 Å². The van der Waals surface area contributed by atoms with Crippen molar-refractivity contribution in [3.8, 4) is 5.75 Å². The molecule has 0 saturated heterocycles. The molecule has 0 radical (unpaired) electrons. The molecule has 0 unspecified atom stereocenters. The summed E-state index contributed by atoms with van der Waals surface area (Å²) in [6.45, 7) is 1.49. The normalized spacial score (nSPS) is 11.4. The zero-order valence-corrected chi connectivity index (χ0v) is 17.2. The molecule has 0 aliphatic rings. The van der Waals surface area contributed by atoms with E-state index in [1.807, 2.05) is 14.1 Å². The molecule has 1 aromatic carbocycles. The molecule has 9 heteroatoms. The van der Waals surface area contributed by atoms with Gasteiger partial charge in [-0.2, -0.15) is 0 Å². The molecular weight excluding hydrogens is 380 g/mol. The fourth-order valence-electron chi connectivity index (χ4n) is 2.52. The van der Waals surface area contributed by atoms with Gasteiger partial charge in [0, 0.05) is 24.7 Å². The van der Waals surface area contributed by atoms with E-state index >= 15 is 0 Å². The number of hydrogen-bond donors (Lipinski definition) is 3. The van der Waals surface area contributed by atoms with Crippen LogP contribution in [0.1, 0.15) is 22.5 Å². The van der Waals surface area contributed by atoms with Gasteiger partial charge in [-0.1, -0.05) is 6.07 Å². The number of methoxy groups -OCH3 is 1. The second-order valence-corrected chi connectivity index (χ2v) is 8.31. The number of nitrogens with one attached hydrogen (secondary N) is 3. The van der Waals surface area contributed by atoms with Gasteiger partial charge in [0.15, 0.2) is 0 Å². The number of amides is 1. The zero-order chi connectivity index (χ0) is 20.6. The maximum Gasteiger partial charge on any atom is 0.251 e. The second kappa shape index (κ2) is 10.2. The first-order valence-corrected chi connectivity index (χ1v) is 10.5. The molecule has 28 heavy (non-hydrogen) atoms. The molecule has 2 aromatic rings. The maximum absolute atomic E-state index is 12.7. The Hall–Kier alpha value is -2.49. The van der Waals surface area contributed by atoms with Crippen LogP contribution < -0.4 is 19.7 Å². The van der Waals surface area contributed by atoms with Crippen molar-refractivity contribution in [2.45, 2.75) is 17.9 Å². The molecule has 0 fully saturated rings. The Morgan fingerprint density at radius 2 is 2.00 bits per heavy atom. The number of rotatable bonds is 10. The van der Waals surface area contributed by atoms with Crippen LogP contribution in [-0.2, 0) is 16.6 Å². The highest BCUT2D eigenvalue weighted by atomic mass is 32.2. The minimum atomic E-state index is -3.89. The lowest BCUT2D eigenvalue weighted by Gasteiger charge is -2.13. The SMILES string of the molecule is COc1ccc(C(=O)NCCC[NH+](C)C)cc1S(=O)(=O)NCc1ccccn1. The highest BCUT2D eigenvalue weighted by Crippen LogP contribution is 2.25. The number of hydrogen-bond acceptors (Lipinski definition) is 5. The van der Waals surface area contributed by atoms with Crippen molar-refractivity contribution in [1.29, 1.82) is 0 Å². The highest BCUT2D eigenvalue weighted by Gasteiger charge is 2.21. The van der Waals surface area contributed by atoms with Crippen molar-refractivity contribution in [2.75, 3.05) is 34.3 Å². The summed E-state index contributed by atoms with van der Waals surface area (Å²) in [6.07, 6.45) is 2.42. The van der Waals surface area contributed by atoms with Crippen LogP contribution in [0.25, 0.3) is 0 Å². The van der Waals surface area contributed by atoms with Gasteiger partial charge in [0.05, 0.1) is 40.0 Å². The predicted octanol–water partition coefficient (Wildman–Crippen LogP) is -0.167. The molecule has 0 aliphatic carbocycles. The molecule has 152 valence electrons. The minimum absolute atomic E-state index is 0.0373. The lowest BCUT2D eigenvalue weighted by molar-refractivity contribution is -0.858. The Morgan fingerprint density at radius 3 is 2.64 bits per heavy atom. The number of aromatic nitrogens is 1. The average Bonchev–Trinajstić information content (AvgIpc) is 2.69. The average molecular weight is 408 g/mol. The number of carbonyl (C=O) groups excluding carboxylic acids is 1. The van der Waals surface area contributed by atoms with Crippen molar-refractivity contribution < 1.29 is 22.8 Å². The minimum Gasteiger partial charge on any atom is -0.495 e. The Morgan fingerprint density at radius 1 is 1.21 bits per heavy atom. The van der Waals surface area contributed by atoms with E-state index in [0.717, 1.165) is 13.0 Å². The van der Waals surface area contributed by atoms with Gasteiger partial charge < -0.3 is 15.0 Å². The third-order valence-corrected chi connectivity index (χ3v) is 5.45. The number of pyridine rings is 1. The van der Waals surface area contributed by atoms with Crippen LogP contribution in [0.4, 0.5) is 0 Å². The monoisotopic (exact) mass is 407 g/mol. The summed E-state index contributed by atoms with van der Waals surface area (Å²) >= 11 is 0. The van der Waals surface area contributed by atoms with Gasteiger partial charge in [0.25, 0.3) is 5.91 Å². The van der Waals surface area contributed by atoms with Crippen LogP contribution in [0.15, 0.2) is 47.5 Å². The Labute approximate surface area is 166 Å². The second-order valence-electron chi connectivity index (χ2n) is 6.58. The molecule has 1 heterocycles.